The molecule has 3 aliphatic rings. The molecule has 2 aromatic heterocycles. The first-order valence-electron chi connectivity index (χ1n) is 11.8. The van der Waals surface area contributed by atoms with Crippen molar-refractivity contribution in [3.8, 4) is 5.69 Å². The fraction of sp³-hybridized carbons (Fsp3) is 0.500. The van der Waals surface area contributed by atoms with E-state index < -0.39 is 0 Å². The standard InChI is InChI=1S/C26H30N4O/c1-15(21-13-17-8-9-19(21)12-17)27-26(31)22-14-23(18-10-11-18)28-25-24(22)16(2)29-30(25)20-6-4-3-5-7-20/h3-7,14-15,17-19,21H,8-13H2,1-2H3,(H,27,31)/t15-,17-,19-,21+/m0/s1. The van der Waals surface area contributed by atoms with E-state index in [0.717, 1.165) is 58.3 Å². The van der Waals surface area contributed by atoms with Crippen LogP contribution in [-0.4, -0.2) is 26.7 Å². The van der Waals surface area contributed by atoms with Gasteiger partial charge in [-0.1, -0.05) is 24.6 Å². The number of pyridine rings is 1. The number of benzene rings is 1. The van der Waals surface area contributed by atoms with Crippen LogP contribution in [0.3, 0.4) is 0 Å². The molecule has 1 N–H and O–H groups in total. The number of aryl methyl sites for hydroxylation is 1. The first kappa shape index (κ1) is 19.0. The minimum Gasteiger partial charge on any atom is -0.349 e. The number of carbonyl (C=O) groups excluding carboxylic acids is 1. The van der Waals surface area contributed by atoms with Crippen LogP contribution in [0.15, 0.2) is 36.4 Å². The molecule has 160 valence electrons. The smallest absolute Gasteiger partial charge is 0.252 e. The Bertz CT molecular complexity index is 1150. The topological polar surface area (TPSA) is 59.8 Å². The van der Waals surface area contributed by atoms with Crippen molar-refractivity contribution in [3.05, 3.63) is 53.3 Å². The molecule has 31 heavy (non-hydrogen) atoms. The molecule has 5 nitrogen and oxygen atoms in total. The highest BCUT2D eigenvalue weighted by molar-refractivity contribution is 6.07. The summed E-state index contributed by atoms with van der Waals surface area (Å²) in [5.41, 5.74) is 4.39. The number of carbonyl (C=O) groups is 1. The van der Waals surface area contributed by atoms with Gasteiger partial charge >= 0.3 is 0 Å². The fourth-order valence-corrected chi connectivity index (χ4v) is 6.12. The molecule has 0 saturated heterocycles. The van der Waals surface area contributed by atoms with E-state index in [-0.39, 0.29) is 11.9 Å². The molecule has 0 spiro atoms. The van der Waals surface area contributed by atoms with Gasteiger partial charge in [0.15, 0.2) is 5.65 Å². The first-order chi connectivity index (χ1) is 15.1. The van der Waals surface area contributed by atoms with Crippen LogP contribution in [0.25, 0.3) is 16.7 Å². The number of para-hydroxylation sites is 1. The van der Waals surface area contributed by atoms with Crippen LogP contribution in [0.5, 0.6) is 0 Å². The molecule has 1 amide bonds. The molecule has 4 atom stereocenters. The van der Waals surface area contributed by atoms with Gasteiger partial charge in [-0.25, -0.2) is 9.67 Å². The zero-order valence-electron chi connectivity index (χ0n) is 18.3. The molecule has 1 aromatic carbocycles. The third kappa shape index (κ3) is 3.26. The zero-order chi connectivity index (χ0) is 21.1. The molecule has 0 radical (unpaired) electrons. The van der Waals surface area contributed by atoms with E-state index in [1.54, 1.807) is 0 Å². The van der Waals surface area contributed by atoms with E-state index in [4.69, 9.17) is 10.1 Å². The Morgan fingerprint density at radius 1 is 1.13 bits per heavy atom. The monoisotopic (exact) mass is 414 g/mol. The SMILES string of the molecule is Cc1nn(-c2ccccc2)c2nc(C3CC3)cc(C(=O)N[C@@H](C)[C@H]3C[C@H]4CC[C@H]3C4)c12. The van der Waals surface area contributed by atoms with Gasteiger partial charge in [-0.3, -0.25) is 4.79 Å². The van der Waals surface area contributed by atoms with Gasteiger partial charge in [0.2, 0.25) is 0 Å². The van der Waals surface area contributed by atoms with Gasteiger partial charge in [0.1, 0.15) is 0 Å². The Morgan fingerprint density at radius 2 is 1.94 bits per heavy atom. The molecule has 0 unspecified atom stereocenters. The van der Waals surface area contributed by atoms with Crippen LogP contribution in [0.2, 0.25) is 0 Å². The molecule has 6 rings (SSSR count). The van der Waals surface area contributed by atoms with E-state index in [0.29, 0.717) is 11.8 Å². The van der Waals surface area contributed by atoms with Crippen molar-refractivity contribution in [1.29, 1.82) is 0 Å². The van der Waals surface area contributed by atoms with Crippen molar-refractivity contribution in [2.75, 3.05) is 0 Å². The van der Waals surface area contributed by atoms with Crippen molar-refractivity contribution in [2.24, 2.45) is 17.8 Å². The third-order valence-electron chi connectivity index (χ3n) is 7.87. The Labute approximate surface area is 183 Å². The minimum absolute atomic E-state index is 0.0280. The highest BCUT2D eigenvalue weighted by atomic mass is 16.1. The predicted molar refractivity (Wildman–Crippen MR) is 121 cm³/mol. The molecular weight excluding hydrogens is 384 g/mol. The summed E-state index contributed by atoms with van der Waals surface area (Å²) in [7, 11) is 0. The lowest BCUT2D eigenvalue weighted by atomic mass is 9.84. The highest BCUT2D eigenvalue weighted by Crippen LogP contribution is 2.49. The number of hydrogen-bond donors (Lipinski definition) is 1. The summed E-state index contributed by atoms with van der Waals surface area (Å²) in [6.07, 6.45) is 7.66. The molecule has 5 heteroatoms. The Balaban J connectivity index is 1.39. The van der Waals surface area contributed by atoms with Gasteiger partial charge in [-0.2, -0.15) is 5.10 Å². The van der Waals surface area contributed by atoms with Gasteiger partial charge in [-0.15, -0.1) is 0 Å². The van der Waals surface area contributed by atoms with Crippen LogP contribution in [0.1, 0.15) is 73.1 Å². The minimum atomic E-state index is 0.0280. The number of hydrogen-bond acceptors (Lipinski definition) is 3. The molecule has 3 fully saturated rings. The largest absolute Gasteiger partial charge is 0.349 e. The summed E-state index contributed by atoms with van der Waals surface area (Å²) in [5, 5.41) is 9.04. The average molecular weight is 415 g/mol. The average Bonchev–Trinajstić information content (AvgIpc) is 3.28. The van der Waals surface area contributed by atoms with E-state index >= 15 is 0 Å². The predicted octanol–water partition coefficient (Wildman–Crippen LogP) is 5.16. The Kier molecular flexibility index (Phi) is 4.41. The number of rotatable bonds is 5. The summed E-state index contributed by atoms with van der Waals surface area (Å²) in [5.74, 6) is 2.80. The molecule has 0 aliphatic heterocycles. The summed E-state index contributed by atoms with van der Waals surface area (Å²) >= 11 is 0. The lowest BCUT2D eigenvalue weighted by molar-refractivity contribution is 0.0916. The third-order valence-corrected chi connectivity index (χ3v) is 7.87. The molecule has 3 aromatic rings. The maximum Gasteiger partial charge on any atom is 0.252 e. The summed E-state index contributed by atoms with van der Waals surface area (Å²) in [6, 6.07) is 12.3. The van der Waals surface area contributed by atoms with Crippen LogP contribution in [0, 0.1) is 24.7 Å². The van der Waals surface area contributed by atoms with Gasteiger partial charge < -0.3 is 5.32 Å². The maximum atomic E-state index is 13.5. The van der Waals surface area contributed by atoms with Gasteiger partial charge in [0, 0.05) is 17.7 Å². The van der Waals surface area contributed by atoms with Crippen molar-refractivity contribution in [3.63, 3.8) is 0 Å². The van der Waals surface area contributed by atoms with Gasteiger partial charge in [0.05, 0.1) is 22.3 Å². The zero-order valence-corrected chi connectivity index (χ0v) is 18.3. The lowest BCUT2D eigenvalue weighted by Crippen LogP contribution is -2.40. The van der Waals surface area contributed by atoms with Crippen molar-refractivity contribution in [2.45, 2.75) is 64.3 Å². The van der Waals surface area contributed by atoms with Crippen molar-refractivity contribution in [1.82, 2.24) is 20.1 Å². The van der Waals surface area contributed by atoms with E-state index in [9.17, 15) is 4.79 Å². The van der Waals surface area contributed by atoms with Crippen molar-refractivity contribution >= 4 is 16.9 Å². The summed E-state index contributed by atoms with van der Waals surface area (Å²) in [4.78, 5) is 18.5. The quantitative estimate of drug-likeness (QED) is 0.627. The van der Waals surface area contributed by atoms with Gasteiger partial charge in [-0.05, 0) is 81.9 Å². The second-order valence-electron chi connectivity index (χ2n) is 10.0. The molecular formula is C26H30N4O. The molecule has 2 bridgehead atoms. The number of fused-ring (bicyclic) bond motifs is 3. The van der Waals surface area contributed by atoms with E-state index in [1.165, 1.54) is 25.7 Å². The number of aromatic nitrogens is 3. The number of amides is 1. The highest BCUT2D eigenvalue weighted by Gasteiger charge is 2.42. The summed E-state index contributed by atoms with van der Waals surface area (Å²) < 4.78 is 1.90. The van der Waals surface area contributed by atoms with Crippen LogP contribution in [0.4, 0.5) is 0 Å². The second kappa shape index (κ2) is 7.18. The Morgan fingerprint density at radius 3 is 2.61 bits per heavy atom. The molecule has 3 saturated carbocycles. The fourth-order valence-electron chi connectivity index (χ4n) is 6.12. The van der Waals surface area contributed by atoms with Crippen molar-refractivity contribution < 1.29 is 4.79 Å². The van der Waals surface area contributed by atoms with Gasteiger partial charge in [0.25, 0.3) is 5.91 Å². The van der Waals surface area contributed by atoms with Crippen LogP contribution < -0.4 is 5.32 Å². The lowest BCUT2D eigenvalue weighted by Gasteiger charge is -2.28. The number of nitrogens with one attached hydrogen (secondary N) is 1. The van der Waals surface area contributed by atoms with Crippen LogP contribution >= 0.6 is 0 Å². The number of nitrogens with zero attached hydrogens (tertiary/aromatic N) is 3. The normalized spacial score (nSPS) is 25.8. The van der Waals surface area contributed by atoms with E-state index in [2.05, 4.69) is 12.2 Å². The second-order valence-corrected chi connectivity index (χ2v) is 10.0. The molecule has 2 heterocycles. The Hall–Kier alpha value is -2.69. The first-order valence-corrected chi connectivity index (χ1v) is 11.8. The molecule has 3 aliphatic carbocycles. The van der Waals surface area contributed by atoms with E-state index in [1.807, 2.05) is 48.0 Å². The van der Waals surface area contributed by atoms with Crippen LogP contribution in [-0.2, 0) is 0 Å². The summed E-state index contributed by atoms with van der Waals surface area (Å²) in [6.45, 7) is 4.18. The maximum absolute atomic E-state index is 13.5.